The van der Waals surface area contributed by atoms with Gasteiger partial charge in [0.25, 0.3) is 0 Å². The Kier molecular flexibility index (Phi) is 4.69. The van der Waals surface area contributed by atoms with E-state index in [1.54, 1.807) is 0 Å². The zero-order valence-corrected chi connectivity index (χ0v) is 16.5. The number of esters is 2. The highest BCUT2D eigenvalue weighted by molar-refractivity contribution is 7.86. The first-order valence-corrected chi connectivity index (χ1v) is 10.8. The summed E-state index contributed by atoms with van der Waals surface area (Å²) in [6.45, 7) is -0.762. The molecule has 4 aliphatic rings. The van der Waals surface area contributed by atoms with Crippen molar-refractivity contribution < 1.29 is 50.4 Å². The Morgan fingerprint density at radius 2 is 1.83 bits per heavy atom. The molecule has 2 amide bonds. The summed E-state index contributed by atoms with van der Waals surface area (Å²) in [4.78, 5) is 50.6. The van der Waals surface area contributed by atoms with Crippen LogP contribution in [0, 0.1) is 29.6 Å². The normalized spacial score (nSPS) is 34.9. The van der Waals surface area contributed by atoms with E-state index in [0.717, 1.165) is 11.8 Å². The van der Waals surface area contributed by atoms with Crippen molar-refractivity contribution in [1.82, 2.24) is 4.90 Å². The summed E-state index contributed by atoms with van der Waals surface area (Å²) < 4.78 is 66.8. The molecule has 1 saturated heterocycles. The Morgan fingerprint density at radius 1 is 1.20 bits per heavy atom. The minimum atomic E-state index is -5.80. The van der Waals surface area contributed by atoms with Gasteiger partial charge in [-0.15, -0.1) is 0 Å². The van der Waals surface area contributed by atoms with Crippen molar-refractivity contribution in [3.05, 3.63) is 0 Å². The number of rotatable bonds is 6. The van der Waals surface area contributed by atoms with Gasteiger partial charge in [0.15, 0.2) is 6.61 Å². The molecule has 4 fully saturated rings. The second-order valence-electron chi connectivity index (χ2n) is 8.23. The first-order chi connectivity index (χ1) is 13.8. The van der Waals surface area contributed by atoms with Crippen LogP contribution in [0.4, 0.5) is 8.78 Å². The fourth-order valence-corrected chi connectivity index (χ4v) is 5.24. The van der Waals surface area contributed by atoms with Crippen molar-refractivity contribution in [2.45, 2.75) is 43.6 Å². The second-order valence-corrected chi connectivity index (χ2v) is 9.78. The van der Waals surface area contributed by atoms with E-state index < -0.39 is 81.5 Å². The third-order valence-electron chi connectivity index (χ3n) is 6.41. The van der Waals surface area contributed by atoms with E-state index in [9.17, 15) is 36.4 Å². The number of halogens is 2. The number of alkyl halides is 2. The summed E-state index contributed by atoms with van der Waals surface area (Å²) in [6, 6.07) is -0.726. The van der Waals surface area contributed by atoms with Gasteiger partial charge < -0.3 is 9.47 Å². The zero-order chi connectivity index (χ0) is 22.2. The molecule has 0 aromatic rings. The van der Waals surface area contributed by atoms with Gasteiger partial charge in [-0.05, 0) is 25.2 Å². The Morgan fingerprint density at radius 3 is 2.37 bits per heavy atom. The van der Waals surface area contributed by atoms with E-state index in [0.29, 0.717) is 12.8 Å². The minimum absolute atomic E-state index is 0.252. The highest BCUT2D eigenvalue weighted by atomic mass is 32.2. The number of amides is 2. The molecule has 30 heavy (non-hydrogen) atoms. The molecule has 6 unspecified atom stereocenters. The summed E-state index contributed by atoms with van der Waals surface area (Å²) in [5.41, 5.74) is 0. The number of imide groups is 1. The van der Waals surface area contributed by atoms with Crippen molar-refractivity contribution in [2.75, 3.05) is 6.61 Å². The van der Waals surface area contributed by atoms with Crippen molar-refractivity contribution in [1.29, 1.82) is 0 Å². The largest absolute Gasteiger partial charge is 0.460 e. The molecule has 0 spiro atoms. The summed E-state index contributed by atoms with van der Waals surface area (Å²) in [6.07, 6.45) is 0.591. The molecule has 10 nitrogen and oxygen atoms in total. The van der Waals surface area contributed by atoms with Gasteiger partial charge in [0, 0.05) is 12.8 Å². The molecule has 0 aromatic carbocycles. The van der Waals surface area contributed by atoms with Crippen molar-refractivity contribution in [2.24, 2.45) is 29.6 Å². The van der Waals surface area contributed by atoms with E-state index >= 15 is 0 Å². The maximum absolute atomic E-state index is 13.4. The van der Waals surface area contributed by atoms with Gasteiger partial charge >= 0.3 is 27.3 Å². The quantitative estimate of drug-likeness (QED) is 0.435. The number of nitrogens with zero attached hydrogens (tertiary/aromatic N) is 1. The molecule has 0 aromatic heterocycles. The monoisotopic (exact) mass is 451 g/mol. The lowest BCUT2D eigenvalue weighted by atomic mass is 9.78. The SMILES string of the molecule is CC(=O)N1C(=O)C2C3CC(C(OC(=O)C4CC4)C31)C2C(=O)OCC(F)(F)S(=O)(=O)O. The third-order valence-corrected chi connectivity index (χ3v) is 7.28. The molecule has 1 N–H and O–H groups in total. The average Bonchev–Trinajstić information content (AvgIpc) is 3.28. The molecule has 6 atom stereocenters. The lowest BCUT2D eigenvalue weighted by Crippen LogP contribution is -2.48. The number of carbonyl (C=O) groups excluding carboxylic acids is 4. The van der Waals surface area contributed by atoms with Crippen LogP contribution in [-0.4, -0.2) is 65.6 Å². The molecule has 166 valence electrons. The van der Waals surface area contributed by atoms with Crippen LogP contribution >= 0.6 is 0 Å². The Balaban J connectivity index is 1.58. The topological polar surface area (TPSA) is 144 Å². The molecule has 3 aliphatic carbocycles. The van der Waals surface area contributed by atoms with Gasteiger partial charge in [-0.2, -0.15) is 17.2 Å². The van der Waals surface area contributed by atoms with Gasteiger partial charge in [0.2, 0.25) is 11.8 Å². The average molecular weight is 451 g/mol. The predicted molar refractivity (Wildman–Crippen MR) is 90.0 cm³/mol. The lowest BCUT2D eigenvalue weighted by molar-refractivity contribution is -0.167. The van der Waals surface area contributed by atoms with Crippen LogP contribution in [0.15, 0.2) is 0 Å². The first kappa shape index (κ1) is 21.1. The number of carbonyl (C=O) groups is 4. The molecular formula is C17H19F2NO9S. The highest BCUT2D eigenvalue weighted by Crippen LogP contribution is 2.60. The number of ether oxygens (including phenoxy) is 2. The van der Waals surface area contributed by atoms with Crippen LogP contribution in [0.25, 0.3) is 0 Å². The Hall–Kier alpha value is -2.15. The Bertz CT molecular complexity index is 932. The number of hydrogen-bond acceptors (Lipinski definition) is 8. The fraction of sp³-hybridized carbons (Fsp3) is 0.765. The van der Waals surface area contributed by atoms with Gasteiger partial charge in [0.1, 0.15) is 6.10 Å². The van der Waals surface area contributed by atoms with Gasteiger partial charge in [-0.3, -0.25) is 28.6 Å². The van der Waals surface area contributed by atoms with E-state index in [2.05, 4.69) is 4.74 Å². The van der Waals surface area contributed by atoms with Crippen molar-refractivity contribution in [3.8, 4) is 0 Å². The summed E-state index contributed by atoms with van der Waals surface area (Å²) in [7, 11) is -5.80. The maximum Gasteiger partial charge on any atom is 0.402 e. The van der Waals surface area contributed by atoms with E-state index in [-0.39, 0.29) is 12.3 Å². The highest BCUT2D eigenvalue weighted by Gasteiger charge is 2.72. The third kappa shape index (κ3) is 3.09. The standard InChI is InChI=1S/C17H19F2NO9S/c1-6(21)20-12-8-4-9(13(12)29-15(23)7-2-3-7)11(10(8)14(20)22)16(24)28-5-17(18,19)30(25,26)27/h7-13H,2-5H2,1H3,(H,25,26,27). The molecule has 3 saturated carbocycles. The fourth-order valence-electron chi connectivity index (χ4n) is 5.03. The zero-order valence-electron chi connectivity index (χ0n) is 15.7. The smallest absolute Gasteiger partial charge is 0.402 e. The molecule has 1 heterocycles. The van der Waals surface area contributed by atoms with Gasteiger partial charge in [0.05, 0.1) is 23.8 Å². The van der Waals surface area contributed by atoms with Crippen LogP contribution < -0.4 is 0 Å². The molecule has 1 aliphatic heterocycles. The van der Waals surface area contributed by atoms with Crippen LogP contribution in [0.2, 0.25) is 0 Å². The van der Waals surface area contributed by atoms with Crippen LogP contribution in [0.1, 0.15) is 26.2 Å². The summed E-state index contributed by atoms with van der Waals surface area (Å²) >= 11 is 0. The van der Waals surface area contributed by atoms with E-state index in [4.69, 9.17) is 9.29 Å². The maximum atomic E-state index is 13.4. The Labute approximate surface area is 169 Å². The summed E-state index contributed by atoms with van der Waals surface area (Å²) in [5.74, 6) is -6.80. The lowest BCUT2D eigenvalue weighted by Gasteiger charge is -2.33. The molecular weight excluding hydrogens is 432 g/mol. The number of hydrogen-bond donors (Lipinski definition) is 1. The van der Waals surface area contributed by atoms with Crippen LogP contribution in [-0.2, 0) is 38.8 Å². The minimum Gasteiger partial charge on any atom is -0.460 e. The second kappa shape index (κ2) is 6.67. The van der Waals surface area contributed by atoms with Gasteiger partial charge in [-0.1, -0.05) is 0 Å². The van der Waals surface area contributed by atoms with Gasteiger partial charge in [-0.25, -0.2) is 0 Å². The van der Waals surface area contributed by atoms with Crippen LogP contribution in [0.3, 0.4) is 0 Å². The number of likely N-dealkylation sites (tertiary alicyclic amines) is 1. The van der Waals surface area contributed by atoms with Crippen LogP contribution in [0.5, 0.6) is 0 Å². The molecule has 13 heteroatoms. The van der Waals surface area contributed by atoms with Crippen molar-refractivity contribution >= 4 is 33.9 Å². The summed E-state index contributed by atoms with van der Waals surface area (Å²) in [5, 5.41) is -4.72. The van der Waals surface area contributed by atoms with E-state index in [1.165, 1.54) is 0 Å². The molecule has 2 bridgehead atoms. The molecule has 0 radical (unpaired) electrons. The first-order valence-electron chi connectivity index (χ1n) is 9.41. The molecule has 4 rings (SSSR count). The number of fused-ring (bicyclic) bond motifs is 1. The predicted octanol–water partition coefficient (Wildman–Crippen LogP) is -0.0286. The van der Waals surface area contributed by atoms with Crippen molar-refractivity contribution in [3.63, 3.8) is 0 Å². The van der Waals surface area contributed by atoms with E-state index in [1.807, 2.05) is 0 Å².